The van der Waals surface area contributed by atoms with Gasteiger partial charge < -0.3 is 19.8 Å². The second-order valence-electron chi connectivity index (χ2n) is 9.38. The third-order valence-corrected chi connectivity index (χ3v) is 7.20. The number of hydrogen-bond acceptors (Lipinski definition) is 7. The zero-order chi connectivity index (χ0) is 26.0. The molecule has 1 amide bonds. The van der Waals surface area contributed by atoms with Crippen LogP contribution in [0.15, 0.2) is 48.9 Å². The second kappa shape index (κ2) is 8.56. The van der Waals surface area contributed by atoms with Crippen LogP contribution in [0.4, 0.5) is 8.78 Å². The van der Waals surface area contributed by atoms with Crippen LogP contribution in [0.2, 0.25) is 0 Å². The highest BCUT2D eigenvalue weighted by atomic mass is 19.3. The summed E-state index contributed by atoms with van der Waals surface area (Å²) in [5, 5.41) is 24.4. The molecule has 1 aromatic carbocycles. The van der Waals surface area contributed by atoms with Gasteiger partial charge in [0.05, 0.1) is 23.4 Å². The molecule has 4 heterocycles. The van der Waals surface area contributed by atoms with E-state index in [4.69, 9.17) is 9.84 Å². The molecule has 0 spiro atoms. The van der Waals surface area contributed by atoms with Gasteiger partial charge in [-0.1, -0.05) is 6.07 Å². The Kier molecular flexibility index (Phi) is 5.42. The minimum Gasteiger partial charge on any atom is -0.434 e. The lowest BCUT2D eigenvalue weighted by atomic mass is 9.88. The van der Waals surface area contributed by atoms with Crippen molar-refractivity contribution >= 4 is 11.4 Å². The molecule has 1 aliphatic heterocycles. The molecule has 190 valence electrons. The first-order chi connectivity index (χ1) is 17.7. The molecule has 0 radical (unpaired) electrons. The van der Waals surface area contributed by atoms with Gasteiger partial charge in [-0.2, -0.15) is 13.9 Å². The smallest absolute Gasteiger partial charge is 0.387 e. The third-order valence-electron chi connectivity index (χ3n) is 7.20. The van der Waals surface area contributed by atoms with Crippen LogP contribution in [-0.4, -0.2) is 60.4 Å². The first-order valence-electron chi connectivity index (χ1n) is 11.8. The summed E-state index contributed by atoms with van der Waals surface area (Å²) in [4.78, 5) is 23.3. The molecule has 37 heavy (non-hydrogen) atoms. The molecule has 0 saturated carbocycles. The number of rotatable bonds is 5. The van der Waals surface area contributed by atoms with E-state index in [1.54, 1.807) is 47.2 Å². The number of aromatic nitrogens is 4. The van der Waals surface area contributed by atoms with Crippen LogP contribution in [0.5, 0.6) is 5.75 Å². The van der Waals surface area contributed by atoms with Crippen molar-refractivity contribution in [1.29, 1.82) is 0 Å². The van der Waals surface area contributed by atoms with E-state index >= 15 is 0 Å². The number of nitrogens with zero attached hydrogens (tertiary/aromatic N) is 5. The molecule has 2 aliphatic rings. The standard InChI is InChI=1S/C26H23F2N5O4/c1-12(34)23(35)24-29-10-14(11-30-24)13-6-7-33-17(8-13)21-16-9-18(22(21)31-33)32(2)25(36)15-4-3-5-19(20(15)16)37-26(27)28/h3-8,10-12,16,18,23,26,34-35H,9H2,1-2H3/t12-,16+,18+,23-/m0/s1. The average Bonchev–Trinajstić information content (AvgIpc) is 3.41. The van der Waals surface area contributed by atoms with Gasteiger partial charge in [-0.05, 0) is 43.2 Å². The van der Waals surface area contributed by atoms with Crippen molar-refractivity contribution in [1.82, 2.24) is 24.5 Å². The van der Waals surface area contributed by atoms with E-state index in [-0.39, 0.29) is 29.4 Å². The summed E-state index contributed by atoms with van der Waals surface area (Å²) in [5.74, 6) is -0.524. The normalized spacial score (nSPS) is 20.1. The number of benzene rings is 1. The largest absolute Gasteiger partial charge is 0.434 e. The lowest BCUT2D eigenvalue weighted by molar-refractivity contribution is -0.0505. The Morgan fingerprint density at radius 3 is 2.57 bits per heavy atom. The number of halogens is 2. The average molecular weight is 507 g/mol. The maximum Gasteiger partial charge on any atom is 0.387 e. The molecule has 0 unspecified atom stereocenters. The van der Waals surface area contributed by atoms with E-state index in [1.165, 1.54) is 13.0 Å². The van der Waals surface area contributed by atoms with Gasteiger partial charge in [-0.25, -0.2) is 14.5 Å². The topological polar surface area (TPSA) is 113 Å². The van der Waals surface area contributed by atoms with Crippen LogP contribution in [-0.2, 0) is 0 Å². The monoisotopic (exact) mass is 507 g/mol. The molecule has 2 bridgehead atoms. The van der Waals surface area contributed by atoms with Crippen molar-refractivity contribution in [3.63, 3.8) is 0 Å². The SMILES string of the molecule is C[C@H](O)[C@H](O)c1ncc(-c2ccn3nc4c(c3c2)[C@@H]2C[C@H]4N(C)C(=O)c3cccc(OC(F)F)c32)cn1. The lowest BCUT2D eigenvalue weighted by Crippen LogP contribution is -2.30. The first-order valence-corrected chi connectivity index (χ1v) is 11.8. The summed E-state index contributed by atoms with van der Waals surface area (Å²) in [6.45, 7) is -1.57. The van der Waals surface area contributed by atoms with Crippen LogP contribution in [0, 0.1) is 0 Å². The predicted molar refractivity (Wildman–Crippen MR) is 127 cm³/mol. The van der Waals surface area contributed by atoms with E-state index in [0.717, 1.165) is 22.3 Å². The summed E-state index contributed by atoms with van der Waals surface area (Å²) in [5.41, 5.74) is 4.62. The fraction of sp³-hybridized carbons (Fsp3) is 0.308. The number of carbonyl (C=O) groups is 1. The molecular formula is C26H23F2N5O4. The van der Waals surface area contributed by atoms with Gasteiger partial charge in [0.25, 0.3) is 5.91 Å². The quantitative estimate of drug-likeness (QED) is 0.425. The molecule has 9 nitrogen and oxygen atoms in total. The first kappa shape index (κ1) is 23.4. The Balaban J connectivity index is 1.49. The van der Waals surface area contributed by atoms with Gasteiger partial charge in [0.2, 0.25) is 0 Å². The highest BCUT2D eigenvalue weighted by molar-refractivity contribution is 5.98. The molecule has 3 aromatic heterocycles. The highest BCUT2D eigenvalue weighted by Gasteiger charge is 2.46. The predicted octanol–water partition coefficient (Wildman–Crippen LogP) is 3.47. The summed E-state index contributed by atoms with van der Waals surface area (Å²) < 4.78 is 33.1. The number of aliphatic hydroxyl groups excluding tert-OH is 2. The lowest BCUT2D eigenvalue weighted by Gasteiger charge is -2.23. The molecule has 0 fully saturated rings. The van der Waals surface area contributed by atoms with Gasteiger partial charge in [0, 0.05) is 53.8 Å². The van der Waals surface area contributed by atoms with E-state index < -0.39 is 18.8 Å². The molecule has 1 aliphatic carbocycles. The summed E-state index contributed by atoms with van der Waals surface area (Å²) in [6.07, 6.45) is 3.23. The van der Waals surface area contributed by atoms with Gasteiger partial charge in [0.15, 0.2) is 5.82 Å². The fourth-order valence-electron chi connectivity index (χ4n) is 5.40. The van der Waals surface area contributed by atoms with Gasteiger partial charge in [-0.15, -0.1) is 0 Å². The highest BCUT2D eigenvalue weighted by Crippen LogP contribution is 2.53. The number of aliphatic hydroxyl groups is 2. The van der Waals surface area contributed by atoms with E-state index in [9.17, 15) is 23.8 Å². The van der Waals surface area contributed by atoms with Crippen LogP contribution in [0.25, 0.3) is 16.6 Å². The van der Waals surface area contributed by atoms with E-state index in [0.29, 0.717) is 23.1 Å². The Labute approximate surface area is 210 Å². The molecule has 6 rings (SSSR count). The maximum atomic E-state index is 13.3. The van der Waals surface area contributed by atoms with Crippen molar-refractivity contribution in [3.05, 3.63) is 77.1 Å². The zero-order valence-corrected chi connectivity index (χ0v) is 19.9. The Bertz CT molecular complexity index is 1520. The molecule has 0 saturated heterocycles. The van der Waals surface area contributed by atoms with Gasteiger partial charge in [0.1, 0.15) is 11.9 Å². The van der Waals surface area contributed by atoms with Crippen molar-refractivity contribution in [2.45, 2.75) is 44.1 Å². The maximum absolute atomic E-state index is 13.3. The van der Waals surface area contributed by atoms with E-state index in [1.807, 2.05) is 12.1 Å². The summed E-state index contributed by atoms with van der Waals surface area (Å²) in [7, 11) is 1.70. The van der Waals surface area contributed by atoms with Crippen LogP contribution < -0.4 is 4.74 Å². The molecule has 4 atom stereocenters. The molecule has 2 N–H and O–H groups in total. The number of amides is 1. The zero-order valence-electron chi connectivity index (χ0n) is 19.9. The van der Waals surface area contributed by atoms with Gasteiger partial charge >= 0.3 is 6.61 Å². The number of hydrogen-bond donors (Lipinski definition) is 2. The number of fused-ring (bicyclic) bond motifs is 9. The fourth-order valence-corrected chi connectivity index (χ4v) is 5.40. The van der Waals surface area contributed by atoms with Crippen molar-refractivity contribution < 1.29 is 28.5 Å². The minimum atomic E-state index is -3.02. The van der Waals surface area contributed by atoms with Crippen LogP contribution in [0.3, 0.4) is 0 Å². The van der Waals surface area contributed by atoms with Crippen molar-refractivity contribution in [3.8, 4) is 16.9 Å². The number of pyridine rings is 1. The molecule has 11 heteroatoms. The van der Waals surface area contributed by atoms with Gasteiger partial charge in [-0.3, -0.25) is 4.79 Å². The van der Waals surface area contributed by atoms with Crippen molar-refractivity contribution in [2.24, 2.45) is 0 Å². The Morgan fingerprint density at radius 2 is 1.86 bits per heavy atom. The second-order valence-corrected chi connectivity index (χ2v) is 9.38. The van der Waals surface area contributed by atoms with Crippen LogP contribution >= 0.6 is 0 Å². The minimum absolute atomic E-state index is 0.0103. The summed E-state index contributed by atoms with van der Waals surface area (Å²) in [6, 6.07) is 8.11. The van der Waals surface area contributed by atoms with E-state index in [2.05, 4.69) is 9.97 Å². The number of ether oxygens (including phenoxy) is 1. The molecule has 4 aromatic rings. The van der Waals surface area contributed by atoms with Crippen LogP contribution in [0.1, 0.15) is 64.4 Å². The number of carbonyl (C=O) groups excluding carboxylic acids is 1. The third kappa shape index (κ3) is 3.65. The summed E-state index contributed by atoms with van der Waals surface area (Å²) >= 11 is 0. The molecular weight excluding hydrogens is 484 g/mol. The number of alkyl halides is 2. The van der Waals surface area contributed by atoms with Crippen molar-refractivity contribution in [2.75, 3.05) is 7.05 Å². The Morgan fingerprint density at radius 1 is 1.11 bits per heavy atom. The Hall–Kier alpha value is -3.96.